The van der Waals surface area contributed by atoms with E-state index in [1.54, 1.807) is 31.4 Å². The van der Waals surface area contributed by atoms with Crippen LogP contribution in [-0.4, -0.2) is 42.8 Å². The summed E-state index contributed by atoms with van der Waals surface area (Å²) >= 11 is 3.49. The first-order valence-electron chi connectivity index (χ1n) is 13.9. The summed E-state index contributed by atoms with van der Waals surface area (Å²) < 4.78 is 32.6. The van der Waals surface area contributed by atoms with Gasteiger partial charge in [-0.25, -0.2) is 9.38 Å². The Labute approximate surface area is 258 Å². The summed E-state index contributed by atoms with van der Waals surface area (Å²) in [5, 5.41) is 12.0. The molecule has 0 bridgehead atoms. The molecule has 0 fully saturated rings. The van der Waals surface area contributed by atoms with Crippen LogP contribution in [-0.2, 0) is 22.5 Å². The van der Waals surface area contributed by atoms with E-state index in [4.69, 9.17) is 24.3 Å². The van der Waals surface area contributed by atoms with Crippen LogP contribution in [0.3, 0.4) is 0 Å². The molecule has 1 heterocycles. The predicted octanol–water partition coefficient (Wildman–Crippen LogP) is 6.17. The Bertz CT molecular complexity index is 1580. The van der Waals surface area contributed by atoms with E-state index >= 15 is 0 Å². The molecule has 0 unspecified atom stereocenters. The van der Waals surface area contributed by atoms with Crippen LogP contribution in [0.1, 0.15) is 34.8 Å². The number of nitrogens with zero attached hydrogens (tertiary/aromatic N) is 1. The highest BCUT2D eigenvalue weighted by Crippen LogP contribution is 2.43. The number of halogens is 2. The number of hydrogen-bond acceptors (Lipinski definition) is 6. The molecule has 0 saturated carbocycles. The zero-order valence-electron chi connectivity index (χ0n) is 23.6. The van der Waals surface area contributed by atoms with Crippen molar-refractivity contribution in [3.05, 3.63) is 130 Å². The van der Waals surface area contributed by atoms with Crippen LogP contribution in [0.2, 0.25) is 0 Å². The molecule has 0 radical (unpaired) electrons. The van der Waals surface area contributed by atoms with Gasteiger partial charge in [0.2, 0.25) is 5.90 Å². The summed E-state index contributed by atoms with van der Waals surface area (Å²) in [5.74, 6) is 0.851. The first-order chi connectivity index (χ1) is 20.9. The summed E-state index contributed by atoms with van der Waals surface area (Å²) in [6.45, 7) is 0.567. The van der Waals surface area contributed by atoms with E-state index in [9.17, 15) is 9.18 Å². The van der Waals surface area contributed by atoms with Gasteiger partial charge in [0.25, 0.3) is 5.91 Å². The highest BCUT2D eigenvalue weighted by Gasteiger charge is 2.53. The highest BCUT2D eigenvalue weighted by molar-refractivity contribution is 9.10. The molecule has 0 saturated heterocycles. The van der Waals surface area contributed by atoms with Crippen molar-refractivity contribution in [2.45, 2.75) is 31.0 Å². The molecule has 4 aromatic rings. The molecule has 2 N–H and O–H groups in total. The molecule has 7 nitrogen and oxygen atoms in total. The van der Waals surface area contributed by atoms with Crippen molar-refractivity contribution in [3.8, 4) is 11.5 Å². The standard InChI is InChI=1S/C34H32BrFN2O5/c1-41-30-8-3-6-26(20-30)31-34(21-23-9-13-27(35)14-10-23,33(40)37-22-24-5-2-7-28(36)19-24)38-32(43-31)25-11-15-29(16-12-25)42-18-4-17-39/h2-3,5-16,19-20,31,39H,4,17-18,21-22H2,1H3,(H,37,40)/t31-,34-/m1/s1. The van der Waals surface area contributed by atoms with Gasteiger partial charge in [0.15, 0.2) is 11.6 Å². The molecule has 0 spiro atoms. The number of benzene rings is 4. The minimum atomic E-state index is -1.40. The molecule has 1 aliphatic heterocycles. The maximum absolute atomic E-state index is 14.3. The Morgan fingerprint density at radius 1 is 1.00 bits per heavy atom. The number of methoxy groups -OCH3 is 1. The monoisotopic (exact) mass is 646 g/mol. The van der Waals surface area contributed by atoms with Crippen molar-refractivity contribution in [1.82, 2.24) is 5.32 Å². The van der Waals surface area contributed by atoms with Crippen molar-refractivity contribution in [2.75, 3.05) is 20.3 Å². The number of hydrogen-bond donors (Lipinski definition) is 2. The second kappa shape index (κ2) is 13.8. The Hall–Kier alpha value is -4.21. The highest BCUT2D eigenvalue weighted by atomic mass is 79.9. The maximum Gasteiger partial charge on any atom is 0.252 e. The second-order valence-electron chi connectivity index (χ2n) is 10.2. The third-order valence-corrected chi connectivity index (χ3v) is 7.68. The number of rotatable bonds is 12. The van der Waals surface area contributed by atoms with E-state index in [-0.39, 0.29) is 31.3 Å². The lowest BCUT2D eigenvalue weighted by atomic mass is 9.82. The zero-order chi connectivity index (χ0) is 30.2. The quantitative estimate of drug-likeness (QED) is 0.180. The Balaban J connectivity index is 1.56. The lowest BCUT2D eigenvalue weighted by Crippen LogP contribution is -2.49. The molecule has 4 aromatic carbocycles. The Morgan fingerprint density at radius 2 is 1.77 bits per heavy atom. The first kappa shape index (κ1) is 30.3. The van der Waals surface area contributed by atoms with Gasteiger partial charge >= 0.3 is 0 Å². The molecule has 1 aliphatic rings. The minimum absolute atomic E-state index is 0.0517. The average Bonchev–Trinajstić information content (AvgIpc) is 3.42. The predicted molar refractivity (Wildman–Crippen MR) is 166 cm³/mol. The largest absolute Gasteiger partial charge is 0.497 e. The molecular weight excluding hydrogens is 615 g/mol. The maximum atomic E-state index is 14.3. The van der Waals surface area contributed by atoms with Gasteiger partial charge in [-0.3, -0.25) is 4.79 Å². The van der Waals surface area contributed by atoms with E-state index in [2.05, 4.69) is 21.2 Å². The van der Waals surface area contributed by atoms with E-state index < -0.39 is 11.6 Å². The lowest BCUT2D eigenvalue weighted by molar-refractivity contribution is -0.129. The van der Waals surface area contributed by atoms with Crippen LogP contribution >= 0.6 is 15.9 Å². The van der Waals surface area contributed by atoms with Gasteiger partial charge in [0, 0.05) is 36.0 Å². The van der Waals surface area contributed by atoms with E-state index in [1.165, 1.54) is 12.1 Å². The van der Waals surface area contributed by atoms with Crippen LogP contribution in [0.4, 0.5) is 4.39 Å². The van der Waals surface area contributed by atoms with Gasteiger partial charge in [-0.15, -0.1) is 0 Å². The van der Waals surface area contributed by atoms with Crippen LogP contribution in [0.25, 0.3) is 0 Å². The molecule has 0 aromatic heterocycles. The van der Waals surface area contributed by atoms with Crippen molar-refractivity contribution in [1.29, 1.82) is 0 Å². The van der Waals surface area contributed by atoms with E-state index in [0.29, 0.717) is 41.6 Å². The number of aliphatic hydroxyl groups is 1. The zero-order valence-corrected chi connectivity index (χ0v) is 25.2. The number of carbonyl (C=O) groups excluding carboxylic acids is 1. The summed E-state index contributed by atoms with van der Waals surface area (Å²) in [6, 6.07) is 28.5. The van der Waals surface area contributed by atoms with Crippen molar-refractivity contribution in [2.24, 2.45) is 4.99 Å². The first-order valence-corrected chi connectivity index (χ1v) is 14.7. The smallest absolute Gasteiger partial charge is 0.252 e. The third-order valence-electron chi connectivity index (χ3n) is 7.16. The second-order valence-corrected chi connectivity index (χ2v) is 11.1. The molecule has 222 valence electrons. The molecule has 2 atom stereocenters. The van der Waals surface area contributed by atoms with Crippen LogP contribution in [0.5, 0.6) is 11.5 Å². The number of aliphatic hydroxyl groups excluding tert-OH is 1. The molecular formula is C34H32BrFN2O5. The van der Waals surface area contributed by atoms with Gasteiger partial charge < -0.3 is 24.6 Å². The molecule has 5 rings (SSSR count). The summed E-state index contributed by atoms with van der Waals surface area (Å²) in [7, 11) is 1.58. The van der Waals surface area contributed by atoms with Crippen LogP contribution in [0.15, 0.2) is 107 Å². The summed E-state index contributed by atoms with van der Waals surface area (Å²) in [5.41, 5.74) is 1.51. The van der Waals surface area contributed by atoms with E-state index in [1.807, 2.05) is 60.7 Å². The van der Waals surface area contributed by atoms with Gasteiger partial charge in [-0.1, -0.05) is 52.3 Å². The normalized spacial score (nSPS) is 17.6. The minimum Gasteiger partial charge on any atom is -0.497 e. The SMILES string of the molecule is COc1cccc([C@H]2OC(c3ccc(OCCCO)cc3)=N[C@@]2(Cc2ccc(Br)cc2)C(=O)NCc2cccc(F)c2)c1. The van der Waals surface area contributed by atoms with Gasteiger partial charge in [-0.2, -0.15) is 0 Å². The average molecular weight is 648 g/mol. The number of nitrogens with one attached hydrogen (secondary N) is 1. The van der Waals surface area contributed by atoms with Crippen molar-refractivity contribution in [3.63, 3.8) is 0 Å². The Kier molecular flexibility index (Phi) is 9.74. The van der Waals surface area contributed by atoms with E-state index in [0.717, 1.165) is 15.6 Å². The fraction of sp³-hybridized carbons (Fsp3) is 0.235. The third kappa shape index (κ3) is 7.24. The molecule has 0 aliphatic carbocycles. The number of aliphatic imine (C=N–C) groups is 1. The fourth-order valence-electron chi connectivity index (χ4n) is 4.98. The van der Waals surface area contributed by atoms with Gasteiger partial charge in [0.1, 0.15) is 17.3 Å². The number of carbonyl (C=O) groups is 1. The molecule has 1 amide bonds. The summed E-state index contributed by atoms with van der Waals surface area (Å²) in [6.07, 6.45) is -0.0271. The topological polar surface area (TPSA) is 89.4 Å². The Morgan fingerprint density at radius 3 is 2.49 bits per heavy atom. The van der Waals surface area contributed by atoms with Crippen molar-refractivity contribution >= 4 is 27.7 Å². The number of ether oxygens (including phenoxy) is 3. The molecule has 43 heavy (non-hydrogen) atoms. The number of amides is 1. The van der Waals surface area contributed by atoms with Gasteiger partial charge in [0.05, 0.1) is 13.7 Å². The molecule has 9 heteroatoms. The van der Waals surface area contributed by atoms with Gasteiger partial charge in [-0.05, 0) is 77.4 Å². The lowest BCUT2D eigenvalue weighted by Gasteiger charge is -2.31. The fourth-order valence-corrected chi connectivity index (χ4v) is 5.25. The van der Waals surface area contributed by atoms with Crippen molar-refractivity contribution < 1.29 is 28.5 Å². The summed E-state index contributed by atoms with van der Waals surface area (Å²) in [4.78, 5) is 19.4. The van der Waals surface area contributed by atoms with Crippen LogP contribution < -0.4 is 14.8 Å². The van der Waals surface area contributed by atoms with Crippen LogP contribution in [0, 0.1) is 5.82 Å².